The summed E-state index contributed by atoms with van der Waals surface area (Å²) in [5, 5.41) is 3.26. The fraction of sp³-hybridized carbons (Fsp3) is 0.909. The summed E-state index contributed by atoms with van der Waals surface area (Å²) in [6, 6.07) is -0.0101. The number of halogens is 2. The van der Waals surface area contributed by atoms with Crippen LogP contribution in [0.15, 0.2) is 0 Å². The Balaban J connectivity index is 2.53. The SMILES string of the molecule is CC(C)N(CC1CCCCN1)C(=O)C(F)F. The Bertz CT molecular complexity index is 228. The summed E-state index contributed by atoms with van der Waals surface area (Å²) in [4.78, 5) is 12.6. The van der Waals surface area contributed by atoms with Gasteiger partial charge in [0.1, 0.15) is 0 Å². The molecular formula is C11H20F2N2O. The molecule has 1 heterocycles. The van der Waals surface area contributed by atoms with Crippen LogP contribution in [0.25, 0.3) is 0 Å². The highest BCUT2D eigenvalue weighted by atomic mass is 19.3. The highest BCUT2D eigenvalue weighted by Crippen LogP contribution is 2.12. The lowest BCUT2D eigenvalue weighted by atomic mass is 10.0. The normalized spacial score (nSPS) is 21.5. The van der Waals surface area contributed by atoms with Crippen molar-refractivity contribution in [2.75, 3.05) is 13.1 Å². The van der Waals surface area contributed by atoms with Gasteiger partial charge in [0.05, 0.1) is 0 Å². The largest absolute Gasteiger partial charge is 0.334 e. The minimum atomic E-state index is -2.90. The Morgan fingerprint density at radius 2 is 2.12 bits per heavy atom. The summed E-state index contributed by atoms with van der Waals surface area (Å²) in [6.07, 6.45) is 0.290. The van der Waals surface area contributed by atoms with Gasteiger partial charge in [-0.05, 0) is 33.2 Å². The Morgan fingerprint density at radius 3 is 2.56 bits per heavy atom. The molecule has 0 aliphatic carbocycles. The number of nitrogens with one attached hydrogen (secondary N) is 1. The molecule has 16 heavy (non-hydrogen) atoms. The van der Waals surface area contributed by atoms with Crippen LogP contribution in [0, 0.1) is 0 Å². The van der Waals surface area contributed by atoms with Crippen LogP contribution < -0.4 is 5.32 Å². The van der Waals surface area contributed by atoms with E-state index in [0.29, 0.717) is 6.54 Å². The second kappa shape index (κ2) is 6.13. The lowest BCUT2D eigenvalue weighted by Gasteiger charge is -2.33. The Kier molecular flexibility index (Phi) is 5.12. The molecule has 94 valence electrons. The quantitative estimate of drug-likeness (QED) is 0.802. The van der Waals surface area contributed by atoms with E-state index in [1.807, 2.05) is 0 Å². The van der Waals surface area contributed by atoms with Gasteiger partial charge in [-0.15, -0.1) is 0 Å². The number of alkyl halides is 2. The van der Waals surface area contributed by atoms with E-state index < -0.39 is 12.3 Å². The summed E-state index contributed by atoms with van der Waals surface area (Å²) < 4.78 is 24.8. The fourth-order valence-corrected chi connectivity index (χ4v) is 2.00. The second-order valence-electron chi connectivity index (χ2n) is 4.53. The second-order valence-corrected chi connectivity index (χ2v) is 4.53. The minimum Gasteiger partial charge on any atom is -0.334 e. The van der Waals surface area contributed by atoms with Crippen molar-refractivity contribution in [1.29, 1.82) is 0 Å². The maximum atomic E-state index is 12.4. The third-order valence-electron chi connectivity index (χ3n) is 2.92. The topological polar surface area (TPSA) is 32.3 Å². The fourth-order valence-electron chi connectivity index (χ4n) is 2.00. The molecule has 0 saturated carbocycles. The molecule has 1 fully saturated rings. The molecule has 1 aliphatic heterocycles. The molecule has 1 aliphatic rings. The third kappa shape index (κ3) is 3.70. The van der Waals surface area contributed by atoms with Gasteiger partial charge in [0, 0.05) is 18.6 Å². The number of piperidine rings is 1. The lowest BCUT2D eigenvalue weighted by Crippen LogP contribution is -2.49. The Hall–Kier alpha value is -0.710. The van der Waals surface area contributed by atoms with E-state index in [2.05, 4.69) is 5.32 Å². The van der Waals surface area contributed by atoms with Gasteiger partial charge in [0.2, 0.25) is 0 Å². The molecule has 0 aromatic carbocycles. The molecule has 1 atom stereocenters. The van der Waals surface area contributed by atoms with Crippen LogP contribution in [0.3, 0.4) is 0 Å². The van der Waals surface area contributed by atoms with Crippen LogP contribution in [-0.4, -0.2) is 42.4 Å². The van der Waals surface area contributed by atoms with Crippen LogP contribution in [-0.2, 0) is 4.79 Å². The predicted octanol–water partition coefficient (Wildman–Crippen LogP) is 1.63. The zero-order chi connectivity index (χ0) is 12.1. The first kappa shape index (κ1) is 13.4. The first-order valence-electron chi connectivity index (χ1n) is 5.84. The standard InChI is InChI=1S/C11H20F2N2O/c1-8(2)15(11(16)10(12)13)7-9-5-3-4-6-14-9/h8-10,14H,3-7H2,1-2H3. The molecule has 1 N–H and O–H groups in total. The average Bonchev–Trinajstić information content (AvgIpc) is 2.26. The van der Waals surface area contributed by atoms with Crippen molar-refractivity contribution in [3.8, 4) is 0 Å². The summed E-state index contributed by atoms with van der Waals surface area (Å²) >= 11 is 0. The molecule has 0 spiro atoms. The van der Waals surface area contributed by atoms with E-state index in [9.17, 15) is 13.6 Å². The Labute approximate surface area is 95.2 Å². The van der Waals surface area contributed by atoms with E-state index in [-0.39, 0.29) is 12.1 Å². The minimum absolute atomic E-state index is 0.166. The van der Waals surface area contributed by atoms with E-state index in [4.69, 9.17) is 0 Å². The van der Waals surface area contributed by atoms with Gasteiger partial charge in [-0.1, -0.05) is 6.42 Å². The predicted molar refractivity (Wildman–Crippen MR) is 58.5 cm³/mol. The molecule has 1 rings (SSSR count). The highest BCUT2D eigenvalue weighted by Gasteiger charge is 2.28. The number of carbonyl (C=O) groups excluding carboxylic acids is 1. The first-order valence-corrected chi connectivity index (χ1v) is 5.84. The van der Waals surface area contributed by atoms with E-state index in [1.165, 1.54) is 4.90 Å². The molecular weight excluding hydrogens is 214 g/mol. The smallest absolute Gasteiger partial charge is 0.315 e. The van der Waals surface area contributed by atoms with Crippen molar-refractivity contribution >= 4 is 5.91 Å². The van der Waals surface area contributed by atoms with Crippen LogP contribution in [0.1, 0.15) is 33.1 Å². The van der Waals surface area contributed by atoms with Gasteiger partial charge < -0.3 is 10.2 Å². The maximum absolute atomic E-state index is 12.4. The van der Waals surface area contributed by atoms with Crippen molar-refractivity contribution in [2.24, 2.45) is 0 Å². The first-order chi connectivity index (χ1) is 7.52. The summed E-state index contributed by atoms with van der Waals surface area (Å²) in [5.41, 5.74) is 0. The number of nitrogens with zero attached hydrogens (tertiary/aromatic N) is 1. The van der Waals surface area contributed by atoms with Gasteiger partial charge in [-0.25, -0.2) is 0 Å². The van der Waals surface area contributed by atoms with Crippen LogP contribution in [0.5, 0.6) is 0 Å². The van der Waals surface area contributed by atoms with Crippen molar-refractivity contribution in [3.63, 3.8) is 0 Å². The molecule has 3 nitrogen and oxygen atoms in total. The van der Waals surface area contributed by atoms with Gasteiger partial charge in [-0.3, -0.25) is 4.79 Å². The summed E-state index contributed by atoms with van der Waals surface area (Å²) in [5.74, 6) is -1.05. The molecule has 0 radical (unpaired) electrons. The van der Waals surface area contributed by atoms with Crippen molar-refractivity contribution in [2.45, 2.75) is 51.6 Å². The summed E-state index contributed by atoms with van der Waals surface area (Å²) in [7, 11) is 0. The molecule has 0 aromatic heterocycles. The highest BCUT2D eigenvalue weighted by molar-refractivity contribution is 5.79. The van der Waals surface area contributed by atoms with Crippen molar-refractivity contribution in [3.05, 3.63) is 0 Å². The lowest BCUT2D eigenvalue weighted by molar-refractivity contribution is -0.145. The molecule has 5 heteroatoms. The van der Waals surface area contributed by atoms with Crippen LogP contribution in [0.2, 0.25) is 0 Å². The van der Waals surface area contributed by atoms with Gasteiger partial charge >= 0.3 is 6.43 Å². The van der Waals surface area contributed by atoms with Gasteiger partial charge in [0.25, 0.3) is 5.91 Å². The molecule has 0 aromatic rings. The number of amides is 1. The molecule has 0 bridgehead atoms. The van der Waals surface area contributed by atoms with E-state index >= 15 is 0 Å². The van der Waals surface area contributed by atoms with Crippen molar-refractivity contribution < 1.29 is 13.6 Å². The van der Waals surface area contributed by atoms with E-state index in [0.717, 1.165) is 25.8 Å². The number of hydrogen-bond acceptors (Lipinski definition) is 2. The third-order valence-corrected chi connectivity index (χ3v) is 2.92. The molecule has 1 amide bonds. The zero-order valence-electron chi connectivity index (χ0n) is 9.88. The van der Waals surface area contributed by atoms with Crippen molar-refractivity contribution in [1.82, 2.24) is 10.2 Å². The van der Waals surface area contributed by atoms with Gasteiger partial charge in [-0.2, -0.15) is 8.78 Å². The Morgan fingerprint density at radius 1 is 1.44 bits per heavy atom. The summed E-state index contributed by atoms with van der Waals surface area (Å²) in [6.45, 7) is 4.84. The average molecular weight is 234 g/mol. The number of hydrogen-bond donors (Lipinski definition) is 1. The zero-order valence-corrected chi connectivity index (χ0v) is 9.88. The van der Waals surface area contributed by atoms with Gasteiger partial charge in [0.15, 0.2) is 0 Å². The monoisotopic (exact) mass is 234 g/mol. The molecule has 1 unspecified atom stereocenters. The number of carbonyl (C=O) groups is 1. The molecule has 1 saturated heterocycles. The van der Waals surface area contributed by atoms with Crippen LogP contribution >= 0.6 is 0 Å². The van der Waals surface area contributed by atoms with Crippen LogP contribution in [0.4, 0.5) is 8.78 Å². The van der Waals surface area contributed by atoms with E-state index in [1.54, 1.807) is 13.8 Å². The maximum Gasteiger partial charge on any atom is 0.315 e. The number of rotatable bonds is 4.